The molecule has 2 bridgehead atoms. The molecule has 3 nitrogen and oxygen atoms in total. The molecular formula is C20H26N2OS2. The average molecular weight is 375 g/mol. The van der Waals surface area contributed by atoms with Gasteiger partial charge in [0.1, 0.15) is 5.37 Å². The summed E-state index contributed by atoms with van der Waals surface area (Å²) in [7, 11) is 0. The zero-order valence-electron chi connectivity index (χ0n) is 15.1. The number of ketones is 1. The van der Waals surface area contributed by atoms with E-state index in [-0.39, 0.29) is 11.2 Å². The van der Waals surface area contributed by atoms with E-state index in [2.05, 4.69) is 54.1 Å². The Morgan fingerprint density at radius 2 is 1.88 bits per heavy atom. The number of rotatable bonds is 4. The van der Waals surface area contributed by atoms with Gasteiger partial charge in [0.25, 0.3) is 0 Å². The van der Waals surface area contributed by atoms with E-state index in [1.807, 2.05) is 0 Å². The number of fused-ring (bicyclic) bond motifs is 3. The van der Waals surface area contributed by atoms with Crippen molar-refractivity contribution in [2.45, 2.75) is 56.0 Å². The van der Waals surface area contributed by atoms with Gasteiger partial charge in [0.05, 0.1) is 4.24 Å². The van der Waals surface area contributed by atoms with Crippen LogP contribution in [0.4, 0.5) is 0 Å². The van der Waals surface area contributed by atoms with Crippen molar-refractivity contribution in [2.75, 3.05) is 13.1 Å². The molecule has 0 amide bonds. The lowest BCUT2D eigenvalue weighted by Crippen LogP contribution is -2.62. The molecule has 134 valence electrons. The normalized spacial score (nSPS) is 34.3. The summed E-state index contributed by atoms with van der Waals surface area (Å²) in [4.78, 5) is 18.6. The molecule has 3 fully saturated rings. The number of aryl methyl sites for hydroxylation is 1. The summed E-state index contributed by atoms with van der Waals surface area (Å²) in [5, 5.41) is -0.0547. The van der Waals surface area contributed by atoms with Gasteiger partial charge in [0.15, 0.2) is 5.78 Å². The minimum atomic E-state index is -0.0547. The molecule has 0 aromatic heterocycles. The molecular weight excluding hydrogens is 348 g/mol. The highest BCUT2D eigenvalue weighted by atomic mass is 32.2. The van der Waals surface area contributed by atoms with Gasteiger partial charge in [0.2, 0.25) is 0 Å². The van der Waals surface area contributed by atoms with Crippen molar-refractivity contribution in [3.63, 3.8) is 0 Å². The first-order valence-corrected chi connectivity index (χ1v) is 10.9. The van der Waals surface area contributed by atoms with E-state index < -0.39 is 0 Å². The van der Waals surface area contributed by atoms with Crippen molar-refractivity contribution in [1.82, 2.24) is 9.80 Å². The van der Waals surface area contributed by atoms with E-state index in [0.717, 1.165) is 5.92 Å². The lowest BCUT2D eigenvalue weighted by Gasteiger charge is -2.53. The fourth-order valence-electron chi connectivity index (χ4n) is 4.47. The predicted molar refractivity (Wildman–Crippen MR) is 107 cm³/mol. The average Bonchev–Trinajstić information content (AvgIpc) is 3.02. The van der Waals surface area contributed by atoms with Crippen LogP contribution in [0.5, 0.6) is 0 Å². The van der Waals surface area contributed by atoms with Crippen LogP contribution in [-0.2, 0) is 4.79 Å². The third-order valence-electron chi connectivity index (χ3n) is 5.81. The number of benzene rings is 1. The Hall–Kier alpha value is -0.910. The quantitative estimate of drug-likeness (QED) is 0.780. The van der Waals surface area contributed by atoms with Crippen LogP contribution in [0.15, 0.2) is 39.6 Å². The van der Waals surface area contributed by atoms with Crippen LogP contribution in [-0.4, -0.2) is 46.1 Å². The number of Topliss-reactive ketones (excluding diaryl/α,β-unsaturated/α-hetero) is 1. The lowest BCUT2D eigenvalue weighted by atomic mass is 9.78. The monoisotopic (exact) mass is 374 g/mol. The van der Waals surface area contributed by atoms with E-state index in [1.165, 1.54) is 40.6 Å². The first-order chi connectivity index (χ1) is 12.0. The van der Waals surface area contributed by atoms with Crippen molar-refractivity contribution in [1.29, 1.82) is 0 Å². The van der Waals surface area contributed by atoms with Gasteiger partial charge in [-0.1, -0.05) is 41.2 Å². The zero-order valence-corrected chi connectivity index (χ0v) is 16.8. The van der Waals surface area contributed by atoms with Crippen LogP contribution in [0.3, 0.4) is 0 Å². The van der Waals surface area contributed by atoms with Crippen LogP contribution in [0.25, 0.3) is 0 Å². The van der Waals surface area contributed by atoms with Gasteiger partial charge in [-0.2, -0.15) is 0 Å². The van der Waals surface area contributed by atoms with Crippen molar-refractivity contribution >= 4 is 29.3 Å². The number of thioether (sulfide) groups is 2. The topological polar surface area (TPSA) is 23.6 Å². The number of carbonyl (C=O) groups excluding carboxylic acids is 1. The Morgan fingerprint density at radius 1 is 1.20 bits per heavy atom. The van der Waals surface area contributed by atoms with Crippen molar-refractivity contribution < 1.29 is 4.79 Å². The summed E-state index contributed by atoms with van der Waals surface area (Å²) >= 11 is 3.52. The van der Waals surface area contributed by atoms with Crippen LogP contribution in [0.1, 0.15) is 32.3 Å². The van der Waals surface area contributed by atoms with Crippen molar-refractivity contribution in [2.24, 2.45) is 5.92 Å². The number of hydrogen-bond donors (Lipinski definition) is 0. The minimum Gasteiger partial charge on any atom is -0.352 e. The smallest absolute Gasteiger partial charge is 0.162 e. The highest BCUT2D eigenvalue weighted by Gasteiger charge is 2.46. The van der Waals surface area contributed by atoms with E-state index in [4.69, 9.17) is 0 Å². The number of hydrogen-bond acceptors (Lipinski definition) is 5. The lowest BCUT2D eigenvalue weighted by molar-refractivity contribution is -0.120. The minimum absolute atomic E-state index is 0.0547. The molecule has 4 aliphatic rings. The molecule has 1 unspecified atom stereocenters. The molecule has 5 rings (SSSR count). The maximum Gasteiger partial charge on any atom is 0.162 e. The number of piperidine rings is 3. The summed E-state index contributed by atoms with van der Waals surface area (Å²) in [5.41, 5.74) is 1.28. The van der Waals surface area contributed by atoms with E-state index in [1.54, 1.807) is 30.4 Å². The molecule has 0 radical (unpaired) electrons. The van der Waals surface area contributed by atoms with Gasteiger partial charge in [-0.05, 0) is 64.8 Å². The second-order valence-corrected chi connectivity index (χ2v) is 9.99. The fourth-order valence-corrected chi connectivity index (χ4v) is 6.79. The maximum atomic E-state index is 12.3. The molecule has 1 aromatic carbocycles. The molecule has 5 heteroatoms. The van der Waals surface area contributed by atoms with E-state index >= 15 is 0 Å². The van der Waals surface area contributed by atoms with Crippen molar-refractivity contribution in [3.8, 4) is 0 Å². The van der Waals surface area contributed by atoms with Crippen LogP contribution < -0.4 is 0 Å². The van der Waals surface area contributed by atoms with Gasteiger partial charge in [-0.15, -0.1) is 0 Å². The second-order valence-electron chi connectivity index (χ2n) is 7.50. The number of carbonyl (C=O) groups is 1. The van der Waals surface area contributed by atoms with Gasteiger partial charge in [-0.25, -0.2) is 0 Å². The fraction of sp³-hybridized carbons (Fsp3) is 0.550. The summed E-state index contributed by atoms with van der Waals surface area (Å²) < 4.78 is 1.24. The maximum absolute atomic E-state index is 12.3. The second kappa shape index (κ2) is 7.01. The van der Waals surface area contributed by atoms with Gasteiger partial charge >= 0.3 is 0 Å². The Kier molecular flexibility index (Phi) is 4.91. The summed E-state index contributed by atoms with van der Waals surface area (Å²) in [6.07, 6.45) is 4.81. The summed E-state index contributed by atoms with van der Waals surface area (Å²) in [6, 6.07) is 9.65. The van der Waals surface area contributed by atoms with Crippen molar-refractivity contribution in [3.05, 3.63) is 40.3 Å². The standard InChI is InChI=1S/C20H26N2OS2/c1-13-4-6-17(7-5-13)24-18-12-22(20(25-18)15(3)23)19-14(2)21-10-8-16(19)9-11-21/h4-7,12,14,16,19-20H,8-11H2,1-3H3/t14-,19-,20?/m0/s1. The first kappa shape index (κ1) is 17.5. The van der Waals surface area contributed by atoms with Gasteiger partial charge in [0, 0.05) is 23.2 Å². The number of nitrogens with zero attached hydrogens (tertiary/aromatic N) is 2. The summed E-state index contributed by atoms with van der Waals surface area (Å²) in [5.74, 6) is 0.992. The molecule has 25 heavy (non-hydrogen) atoms. The Bertz CT molecular complexity index is 677. The predicted octanol–water partition coefficient (Wildman–Crippen LogP) is 4.33. The molecule has 3 atom stereocenters. The third-order valence-corrected chi connectivity index (χ3v) is 8.30. The van der Waals surface area contributed by atoms with E-state index in [9.17, 15) is 4.79 Å². The molecule has 0 N–H and O–H groups in total. The largest absolute Gasteiger partial charge is 0.352 e. The highest BCUT2D eigenvalue weighted by molar-refractivity contribution is 8.23. The zero-order chi connectivity index (χ0) is 17.6. The molecule has 4 aliphatic heterocycles. The Labute approximate surface area is 159 Å². The van der Waals surface area contributed by atoms with Crippen LogP contribution in [0, 0.1) is 12.8 Å². The summed E-state index contributed by atoms with van der Waals surface area (Å²) in [6.45, 7) is 8.65. The highest BCUT2D eigenvalue weighted by Crippen LogP contribution is 2.47. The Morgan fingerprint density at radius 3 is 2.48 bits per heavy atom. The van der Waals surface area contributed by atoms with Crippen LogP contribution >= 0.6 is 23.5 Å². The molecule has 4 heterocycles. The molecule has 1 aromatic rings. The Balaban J connectivity index is 1.57. The van der Waals surface area contributed by atoms with Crippen LogP contribution in [0.2, 0.25) is 0 Å². The third kappa shape index (κ3) is 3.38. The molecule has 0 aliphatic carbocycles. The van der Waals surface area contributed by atoms with Gasteiger partial charge < -0.3 is 4.90 Å². The molecule has 3 saturated heterocycles. The first-order valence-electron chi connectivity index (χ1n) is 9.18. The van der Waals surface area contributed by atoms with Gasteiger partial charge in [-0.3, -0.25) is 9.69 Å². The molecule has 0 saturated carbocycles. The molecule has 0 spiro atoms. The SMILES string of the molecule is CC(=O)C1SC(Sc2ccc(C)cc2)=CN1[C@@H]1C2CCN(CC2)[C@H]1C. The van der Waals surface area contributed by atoms with E-state index in [0.29, 0.717) is 12.1 Å².